The first-order valence-electron chi connectivity index (χ1n) is 8.35. The van der Waals surface area contributed by atoms with Crippen molar-refractivity contribution in [3.63, 3.8) is 0 Å². The number of hydrogen-bond donors (Lipinski definition) is 1. The van der Waals surface area contributed by atoms with Crippen molar-refractivity contribution in [2.24, 2.45) is 0 Å². The fourth-order valence-electron chi connectivity index (χ4n) is 3.14. The van der Waals surface area contributed by atoms with Gasteiger partial charge in [0.15, 0.2) is 0 Å². The Hall–Kier alpha value is -2.59. The largest absolute Gasteiger partial charge is 0.462 e. The Morgan fingerprint density at radius 3 is 3.04 bits per heavy atom. The monoisotopic (exact) mass is 319 g/mol. The number of aryl methyl sites for hydroxylation is 1. The van der Waals surface area contributed by atoms with Crippen molar-refractivity contribution in [1.82, 2.24) is 14.9 Å². The number of allylic oxidation sites excluding steroid dienone is 1. The fraction of sp³-hybridized carbons (Fsp3) is 0.250. The van der Waals surface area contributed by atoms with Gasteiger partial charge in [-0.25, -0.2) is 4.98 Å². The van der Waals surface area contributed by atoms with E-state index in [0.717, 1.165) is 43.2 Å². The van der Waals surface area contributed by atoms with Crippen molar-refractivity contribution < 1.29 is 4.42 Å². The number of aromatic nitrogens is 2. The van der Waals surface area contributed by atoms with Gasteiger partial charge in [0.1, 0.15) is 17.2 Å². The van der Waals surface area contributed by atoms with Gasteiger partial charge in [0.2, 0.25) is 0 Å². The summed E-state index contributed by atoms with van der Waals surface area (Å²) >= 11 is 0. The summed E-state index contributed by atoms with van der Waals surface area (Å²) in [6.45, 7) is 4.97. The smallest absolute Gasteiger partial charge is 0.137 e. The highest BCUT2D eigenvalue weighted by Gasteiger charge is 2.13. The molecule has 0 amide bonds. The predicted octanol–water partition coefficient (Wildman–Crippen LogP) is 4.31. The van der Waals surface area contributed by atoms with E-state index in [2.05, 4.69) is 45.4 Å². The summed E-state index contributed by atoms with van der Waals surface area (Å²) in [6.07, 6.45) is 11.5. The van der Waals surface area contributed by atoms with Crippen LogP contribution in [0.1, 0.15) is 23.5 Å². The topological polar surface area (TPSA) is 45.1 Å². The zero-order chi connectivity index (χ0) is 16.4. The van der Waals surface area contributed by atoms with Crippen LogP contribution in [0.4, 0.5) is 0 Å². The third kappa shape index (κ3) is 3.19. The van der Waals surface area contributed by atoms with Crippen LogP contribution in [0.25, 0.3) is 17.1 Å². The van der Waals surface area contributed by atoms with Crippen molar-refractivity contribution >= 4 is 17.1 Å². The second-order valence-electron chi connectivity index (χ2n) is 6.26. The van der Waals surface area contributed by atoms with E-state index in [-0.39, 0.29) is 0 Å². The molecule has 3 aromatic rings. The molecule has 0 atom stereocenters. The van der Waals surface area contributed by atoms with E-state index in [9.17, 15) is 0 Å². The molecule has 4 rings (SSSR count). The first-order chi connectivity index (χ1) is 11.8. The molecule has 0 fully saturated rings. The summed E-state index contributed by atoms with van der Waals surface area (Å²) in [7, 11) is 0. The fourth-order valence-corrected chi connectivity index (χ4v) is 3.14. The van der Waals surface area contributed by atoms with E-state index in [1.165, 1.54) is 16.5 Å². The van der Waals surface area contributed by atoms with E-state index >= 15 is 0 Å². The number of rotatable bonds is 4. The molecular formula is C20H21N3O. The highest BCUT2D eigenvalue weighted by Crippen LogP contribution is 2.21. The Labute approximate surface area is 141 Å². The quantitative estimate of drug-likeness (QED) is 0.779. The maximum atomic E-state index is 5.57. The minimum atomic E-state index is 0.919. The molecule has 0 aliphatic carbocycles. The van der Waals surface area contributed by atoms with E-state index in [1.54, 1.807) is 0 Å². The third-order valence-electron chi connectivity index (χ3n) is 4.48. The zero-order valence-corrected chi connectivity index (χ0v) is 13.8. The van der Waals surface area contributed by atoms with Crippen molar-refractivity contribution in [2.45, 2.75) is 19.9 Å². The van der Waals surface area contributed by atoms with Gasteiger partial charge >= 0.3 is 0 Å². The molecule has 0 saturated heterocycles. The maximum Gasteiger partial charge on any atom is 0.137 e. The lowest BCUT2D eigenvalue weighted by Gasteiger charge is -2.25. The summed E-state index contributed by atoms with van der Waals surface area (Å²) < 4.78 is 5.57. The van der Waals surface area contributed by atoms with Crippen molar-refractivity contribution in [1.29, 1.82) is 0 Å². The number of pyridine rings is 1. The first kappa shape index (κ1) is 15.0. The van der Waals surface area contributed by atoms with Gasteiger partial charge in [0.05, 0.1) is 0 Å². The lowest BCUT2D eigenvalue weighted by Crippen LogP contribution is -2.27. The van der Waals surface area contributed by atoms with Gasteiger partial charge in [-0.05, 0) is 54.8 Å². The van der Waals surface area contributed by atoms with Crippen LogP contribution in [0.3, 0.4) is 0 Å². The average molecular weight is 319 g/mol. The van der Waals surface area contributed by atoms with Gasteiger partial charge in [-0.1, -0.05) is 12.2 Å². The number of H-pyrrole nitrogens is 1. The van der Waals surface area contributed by atoms with Gasteiger partial charge in [-0.15, -0.1) is 0 Å². The normalized spacial score (nSPS) is 16.1. The van der Waals surface area contributed by atoms with Crippen LogP contribution in [0.15, 0.2) is 58.8 Å². The number of nitrogens with zero attached hydrogens (tertiary/aromatic N) is 2. The average Bonchev–Trinajstić information content (AvgIpc) is 3.21. The van der Waals surface area contributed by atoms with Gasteiger partial charge < -0.3 is 9.40 Å². The Balaban J connectivity index is 1.40. The van der Waals surface area contributed by atoms with Crippen molar-refractivity contribution in [3.8, 4) is 0 Å². The Kier molecular flexibility index (Phi) is 4.05. The molecule has 0 spiro atoms. The lowest BCUT2D eigenvalue weighted by atomic mass is 10.1. The highest BCUT2D eigenvalue weighted by atomic mass is 16.3. The molecule has 4 nitrogen and oxygen atoms in total. The number of furan rings is 1. The second kappa shape index (κ2) is 6.49. The van der Waals surface area contributed by atoms with Crippen LogP contribution in [-0.2, 0) is 6.54 Å². The summed E-state index contributed by atoms with van der Waals surface area (Å²) in [6, 6.07) is 8.13. The summed E-state index contributed by atoms with van der Waals surface area (Å²) in [5.74, 6) is 1.87. The van der Waals surface area contributed by atoms with Crippen molar-refractivity contribution in [3.05, 3.63) is 71.5 Å². The number of fused-ring (bicyclic) bond motifs is 1. The van der Waals surface area contributed by atoms with E-state index < -0.39 is 0 Å². The molecule has 0 bridgehead atoms. The number of hydrogen-bond acceptors (Lipinski definition) is 3. The zero-order valence-electron chi connectivity index (χ0n) is 13.8. The van der Waals surface area contributed by atoms with E-state index in [4.69, 9.17) is 4.42 Å². The molecule has 0 radical (unpaired) electrons. The highest BCUT2D eigenvalue weighted by molar-refractivity contribution is 5.79. The Morgan fingerprint density at radius 1 is 1.29 bits per heavy atom. The van der Waals surface area contributed by atoms with Crippen molar-refractivity contribution in [2.75, 3.05) is 13.1 Å². The Morgan fingerprint density at radius 2 is 2.25 bits per heavy atom. The first-order valence-corrected chi connectivity index (χ1v) is 8.35. The van der Waals surface area contributed by atoms with E-state index in [0.29, 0.717) is 0 Å². The summed E-state index contributed by atoms with van der Waals surface area (Å²) in [5, 5.41) is 1.22. The van der Waals surface area contributed by atoms with Gasteiger partial charge in [0.25, 0.3) is 0 Å². The molecular weight excluding hydrogens is 298 g/mol. The van der Waals surface area contributed by atoms with Crippen LogP contribution in [0.5, 0.6) is 0 Å². The molecule has 24 heavy (non-hydrogen) atoms. The molecule has 1 aliphatic heterocycles. The van der Waals surface area contributed by atoms with Crippen LogP contribution in [-0.4, -0.2) is 28.0 Å². The predicted molar refractivity (Wildman–Crippen MR) is 96.5 cm³/mol. The maximum absolute atomic E-state index is 5.57. The molecule has 0 saturated carbocycles. The molecule has 1 N–H and O–H groups in total. The lowest BCUT2D eigenvalue weighted by molar-refractivity contribution is 0.288. The summed E-state index contributed by atoms with van der Waals surface area (Å²) in [5.41, 5.74) is 3.66. The molecule has 0 unspecified atom stereocenters. The molecule has 0 aromatic carbocycles. The number of nitrogens with one attached hydrogen (secondary N) is 1. The van der Waals surface area contributed by atoms with Crippen LogP contribution < -0.4 is 0 Å². The van der Waals surface area contributed by atoms with E-state index in [1.807, 2.05) is 31.3 Å². The summed E-state index contributed by atoms with van der Waals surface area (Å²) in [4.78, 5) is 10.1. The molecule has 1 aliphatic rings. The molecule has 4 heteroatoms. The SMILES string of the molecule is Cc1ccc(C=CC2=CCN(Cc3c[nH]c4ncccc34)CC2)o1. The van der Waals surface area contributed by atoms with Gasteiger partial charge in [-0.2, -0.15) is 0 Å². The van der Waals surface area contributed by atoms with Gasteiger partial charge in [0, 0.05) is 37.4 Å². The van der Waals surface area contributed by atoms with Gasteiger partial charge in [-0.3, -0.25) is 4.90 Å². The molecule has 3 aromatic heterocycles. The standard InChI is InChI=1S/C20H21N3O/c1-15-4-6-18(24-15)7-5-16-8-11-23(12-9-16)14-17-13-22-20-19(17)3-2-10-21-20/h2-8,10,13H,9,11-12,14H2,1H3,(H,21,22). The van der Waals surface area contributed by atoms with Crippen LogP contribution in [0.2, 0.25) is 0 Å². The minimum Gasteiger partial charge on any atom is -0.462 e. The molecule has 4 heterocycles. The number of aromatic amines is 1. The second-order valence-corrected chi connectivity index (χ2v) is 6.26. The Bertz CT molecular complexity index is 900. The van der Waals surface area contributed by atoms with Crippen LogP contribution >= 0.6 is 0 Å². The van der Waals surface area contributed by atoms with Crippen LogP contribution in [0, 0.1) is 6.92 Å². The molecule has 122 valence electrons. The minimum absolute atomic E-state index is 0.919. The third-order valence-corrected chi connectivity index (χ3v) is 4.48.